The molecule has 0 radical (unpaired) electrons. The highest BCUT2D eigenvalue weighted by atomic mass is 32.1. The van der Waals surface area contributed by atoms with Crippen LogP contribution in [0, 0.1) is 0 Å². The number of hydrogen-bond acceptors (Lipinski definition) is 3. The van der Waals surface area contributed by atoms with Gasteiger partial charge in [0.1, 0.15) is 6.10 Å². The quantitative estimate of drug-likeness (QED) is 0.440. The average Bonchev–Trinajstić information content (AvgIpc) is 2.28. The molecular formula is C12H16N2O2S. The van der Waals surface area contributed by atoms with Gasteiger partial charge in [-0.3, -0.25) is 0 Å². The molecule has 0 amide bonds. The second-order valence-electron chi connectivity index (χ2n) is 3.62. The van der Waals surface area contributed by atoms with Crippen LogP contribution in [0.1, 0.15) is 13.3 Å². The van der Waals surface area contributed by atoms with E-state index in [2.05, 4.69) is 23.8 Å². The fourth-order valence-electron chi connectivity index (χ4n) is 1.38. The summed E-state index contributed by atoms with van der Waals surface area (Å²) in [4.78, 5) is 11.9. The molecule has 1 unspecified atom stereocenters. The number of hydrogen-bond donors (Lipinski definition) is 2. The van der Waals surface area contributed by atoms with Crippen molar-refractivity contribution in [3.05, 3.63) is 36.6 Å². The Morgan fingerprint density at radius 3 is 2.88 bits per heavy atom. The topological polar surface area (TPSA) is 50.4 Å². The normalized spacial score (nSPS) is 16.6. The maximum atomic E-state index is 11.9. The van der Waals surface area contributed by atoms with Gasteiger partial charge in [-0.2, -0.15) is 0 Å². The van der Waals surface area contributed by atoms with Crippen LogP contribution in [0.3, 0.4) is 0 Å². The van der Waals surface area contributed by atoms with Crippen LogP contribution in [0.25, 0.3) is 0 Å². The molecule has 2 N–H and O–H groups in total. The van der Waals surface area contributed by atoms with Gasteiger partial charge in [-0.05, 0) is 19.1 Å². The van der Waals surface area contributed by atoms with Crippen LogP contribution in [-0.2, 0) is 9.53 Å². The van der Waals surface area contributed by atoms with E-state index in [0.717, 1.165) is 5.70 Å². The molecule has 0 bridgehead atoms. The summed E-state index contributed by atoms with van der Waals surface area (Å²) >= 11 is 4.94. The molecule has 1 aliphatic heterocycles. The van der Waals surface area contributed by atoms with Crippen LogP contribution < -0.4 is 10.6 Å². The molecule has 4 nitrogen and oxygen atoms in total. The zero-order valence-corrected chi connectivity index (χ0v) is 10.6. The Morgan fingerprint density at radius 1 is 1.65 bits per heavy atom. The highest BCUT2D eigenvalue weighted by molar-refractivity contribution is 7.80. The molecule has 5 heteroatoms. The number of carbonyl (C=O) groups is 1. The van der Waals surface area contributed by atoms with Crippen molar-refractivity contribution in [2.24, 2.45) is 0 Å². The Balaban J connectivity index is 2.69. The van der Waals surface area contributed by atoms with Crippen molar-refractivity contribution in [3.8, 4) is 0 Å². The first-order chi connectivity index (χ1) is 8.08. The van der Waals surface area contributed by atoms with Gasteiger partial charge >= 0.3 is 5.97 Å². The standard InChI is InChI=1S/C12H16N2O2S/c1-4-6-9(5-2)16-11(15)10-7-13-12(17)14-8(10)3/h4-5,9H,1-2,6-7H2,3H3,(H2,13,14,17). The van der Waals surface area contributed by atoms with Crippen LogP contribution >= 0.6 is 12.2 Å². The predicted molar refractivity (Wildman–Crippen MR) is 71.3 cm³/mol. The van der Waals surface area contributed by atoms with Gasteiger partial charge in [0.05, 0.1) is 12.1 Å². The van der Waals surface area contributed by atoms with Crippen molar-refractivity contribution in [2.45, 2.75) is 19.4 Å². The molecule has 0 aromatic carbocycles. The molecule has 0 saturated heterocycles. The summed E-state index contributed by atoms with van der Waals surface area (Å²) in [7, 11) is 0. The molecular weight excluding hydrogens is 236 g/mol. The predicted octanol–water partition coefficient (Wildman–Crippen LogP) is 1.41. The summed E-state index contributed by atoms with van der Waals surface area (Å²) in [5.41, 5.74) is 1.27. The summed E-state index contributed by atoms with van der Waals surface area (Å²) in [5, 5.41) is 6.29. The SMILES string of the molecule is C=CCC(C=C)OC(=O)C1=C(C)NC(=S)NC1. The summed E-state index contributed by atoms with van der Waals surface area (Å²) in [6.07, 6.45) is 3.49. The van der Waals surface area contributed by atoms with E-state index in [4.69, 9.17) is 17.0 Å². The maximum absolute atomic E-state index is 11.9. The van der Waals surface area contributed by atoms with E-state index in [1.54, 1.807) is 19.1 Å². The molecule has 0 saturated carbocycles. The Labute approximate surface area is 106 Å². The summed E-state index contributed by atoms with van der Waals surface area (Å²) in [5.74, 6) is -0.364. The smallest absolute Gasteiger partial charge is 0.338 e. The lowest BCUT2D eigenvalue weighted by molar-refractivity contribution is -0.142. The molecule has 0 fully saturated rings. The molecule has 0 aromatic heterocycles. The Kier molecular flexibility index (Phi) is 4.90. The lowest BCUT2D eigenvalue weighted by Gasteiger charge is -2.22. The largest absolute Gasteiger partial charge is 0.454 e. The third-order valence-corrected chi connectivity index (χ3v) is 2.59. The van der Waals surface area contributed by atoms with Crippen molar-refractivity contribution in [2.75, 3.05) is 6.54 Å². The monoisotopic (exact) mass is 252 g/mol. The van der Waals surface area contributed by atoms with E-state index in [1.807, 2.05) is 0 Å². The van der Waals surface area contributed by atoms with Gasteiger partial charge in [-0.25, -0.2) is 4.79 Å². The molecule has 1 atom stereocenters. The first-order valence-corrected chi connectivity index (χ1v) is 5.68. The fourth-order valence-corrected chi connectivity index (χ4v) is 1.61. The maximum Gasteiger partial charge on any atom is 0.338 e. The molecule has 17 heavy (non-hydrogen) atoms. The highest BCUT2D eigenvalue weighted by Gasteiger charge is 2.21. The van der Waals surface area contributed by atoms with Gasteiger partial charge in [0.15, 0.2) is 5.11 Å². The molecule has 0 aromatic rings. The molecule has 1 heterocycles. The number of thiocarbonyl (C=S) groups is 1. The fraction of sp³-hybridized carbons (Fsp3) is 0.333. The number of carbonyl (C=O) groups excluding carboxylic acids is 1. The van der Waals surface area contributed by atoms with Crippen LogP contribution in [0.4, 0.5) is 0 Å². The molecule has 1 aliphatic rings. The lowest BCUT2D eigenvalue weighted by Crippen LogP contribution is -2.43. The van der Waals surface area contributed by atoms with Crippen LogP contribution in [0.2, 0.25) is 0 Å². The van der Waals surface area contributed by atoms with E-state index in [1.165, 1.54) is 0 Å². The van der Waals surface area contributed by atoms with Crippen molar-refractivity contribution in [1.29, 1.82) is 0 Å². The molecule has 92 valence electrons. The summed E-state index contributed by atoms with van der Waals surface area (Å²) in [6.45, 7) is 9.39. The Bertz CT molecular complexity index is 388. The van der Waals surface area contributed by atoms with E-state index in [-0.39, 0.29) is 12.1 Å². The first-order valence-electron chi connectivity index (χ1n) is 5.27. The van der Waals surface area contributed by atoms with Gasteiger partial charge in [0.25, 0.3) is 0 Å². The number of esters is 1. The van der Waals surface area contributed by atoms with Crippen molar-refractivity contribution in [3.63, 3.8) is 0 Å². The van der Waals surface area contributed by atoms with E-state index in [9.17, 15) is 4.79 Å². The van der Waals surface area contributed by atoms with E-state index in [0.29, 0.717) is 23.7 Å². The minimum absolute atomic E-state index is 0.339. The molecule has 0 aliphatic carbocycles. The van der Waals surface area contributed by atoms with Crippen molar-refractivity contribution >= 4 is 23.3 Å². The minimum Gasteiger partial charge on any atom is -0.454 e. The van der Waals surface area contributed by atoms with Crippen molar-refractivity contribution in [1.82, 2.24) is 10.6 Å². The van der Waals surface area contributed by atoms with Crippen LogP contribution in [-0.4, -0.2) is 23.7 Å². The van der Waals surface area contributed by atoms with E-state index < -0.39 is 0 Å². The summed E-state index contributed by atoms with van der Waals surface area (Å²) < 4.78 is 5.28. The van der Waals surface area contributed by atoms with Crippen LogP contribution in [0.15, 0.2) is 36.6 Å². The second kappa shape index (κ2) is 6.20. The third-order valence-electron chi connectivity index (χ3n) is 2.35. The van der Waals surface area contributed by atoms with Crippen molar-refractivity contribution < 1.29 is 9.53 Å². The van der Waals surface area contributed by atoms with Gasteiger partial charge in [-0.15, -0.1) is 6.58 Å². The van der Waals surface area contributed by atoms with Gasteiger partial charge < -0.3 is 15.4 Å². The highest BCUT2D eigenvalue weighted by Crippen LogP contribution is 2.10. The van der Waals surface area contributed by atoms with Crippen LogP contribution in [0.5, 0.6) is 0 Å². The lowest BCUT2D eigenvalue weighted by atomic mass is 10.2. The second-order valence-corrected chi connectivity index (χ2v) is 4.02. The number of rotatable bonds is 5. The first kappa shape index (κ1) is 13.4. The summed E-state index contributed by atoms with van der Waals surface area (Å²) in [6, 6.07) is 0. The zero-order chi connectivity index (χ0) is 12.8. The Hall–Kier alpha value is -1.62. The average molecular weight is 252 g/mol. The van der Waals surface area contributed by atoms with E-state index >= 15 is 0 Å². The zero-order valence-electron chi connectivity index (χ0n) is 9.79. The van der Waals surface area contributed by atoms with Gasteiger partial charge in [0.2, 0.25) is 0 Å². The minimum atomic E-state index is -0.364. The molecule has 1 rings (SSSR count). The number of allylic oxidation sites excluding steroid dienone is 1. The third kappa shape index (κ3) is 3.71. The van der Waals surface area contributed by atoms with Gasteiger partial charge in [0, 0.05) is 12.1 Å². The number of ether oxygens (including phenoxy) is 1. The van der Waals surface area contributed by atoms with Gasteiger partial charge in [-0.1, -0.05) is 18.7 Å². The number of nitrogens with one attached hydrogen (secondary N) is 2. The Morgan fingerprint density at radius 2 is 2.35 bits per heavy atom. The molecule has 0 spiro atoms.